The SMILES string of the molecule is C[C@@H]1CN(C(=O)/C=C\c2cccnc2)[C@@H]1c1ccccc1. The van der Waals surface area contributed by atoms with Gasteiger partial charge in [-0.1, -0.05) is 43.3 Å². The predicted molar refractivity (Wildman–Crippen MR) is 83.3 cm³/mol. The maximum atomic E-state index is 12.3. The molecule has 3 nitrogen and oxygen atoms in total. The highest BCUT2D eigenvalue weighted by molar-refractivity contribution is 5.92. The van der Waals surface area contributed by atoms with Crippen LogP contribution < -0.4 is 0 Å². The molecular weight excluding hydrogens is 260 g/mol. The third-order valence-electron chi connectivity index (χ3n) is 3.89. The van der Waals surface area contributed by atoms with Crippen molar-refractivity contribution in [2.45, 2.75) is 13.0 Å². The minimum atomic E-state index is 0.0609. The minimum absolute atomic E-state index is 0.0609. The number of rotatable bonds is 3. The van der Waals surface area contributed by atoms with Gasteiger partial charge in [-0.05, 0) is 29.2 Å². The molecule has 1 aliphatic rings. The zero-order valence-electron chi connectivity index (χ0n) is 12.0. The fourth-order valence-electron chi connectivity index (χ4n) is 2.82. The number of likely N-dealkylation sites (tertiary alicyclic amines) is 1. The van der Waals surface area contributed by atoms with E-state index in [0.717, 1.165) is 12.1 Å². The lowest BCUT2D eigenvalue weighted by Gasteiger charge is -2.46. The molecule has 21 heavy (non-hydrogen) atoms. The normalized spacial score (nSPS) is 21.3. The van der Waals surface area contributed by atoms with Gasteiger partial charge in [0.05, 0.1) is 6.04 Å². The summed E-state index contributed by atoms with van der Waals surface area (Å²) < 4.78 is 0. The molecule has 0 N–H and O–H groups in total. The van der Waals surface area contributed by atoms with Crippen LogP contribution in [0.15, 0.2) is 60.9 Å². The number of nitrogens with zero attached hydrogens (tertiary/aromatic N) is 2. The van der Waals surface area contributed by atoms with Crippen molar-refractivity contribution in [2.75, 3.05) is 6.54 Å². The van der Waals surface area contributed by atoms with Crippen LogP contribution in [0.4, 0.5) is 0 Å². The van der Waals surface area contributed by atoms with Crippen molar-refractivity contribution in [1.29, 1.82) is 0 Å². The van der Waals surface area contributed by atoms with Crippen LogP contribution >= 0.6 is 0 Å². The first-order valence-electron chi connectivity index (χ1n) is 7.19. The Balaban J connectivity index is 1.72. The Morgan fingerprint density at radius 1 is 1.24 bits per heavy atom. The van der Waals surface area contributed by atoms with Crippen molar-refractivity contribution in [3.05, 3.63) is 72.1 Å². The quantitative estimate of drug-likeness (QED) is 0.807. The van der Waals surface area contributed by atoms with Gasteiger partial charge in [0.1, 0.15) is 0 Å². The van der Waals surface area contributed by atoms with Crippen LogP contribution in [0.1, 0.15) is 24.1 Å². The molecule has 3 rings (SSSR count). The lowest BCUT2D eigenvalue weighted by molar-refractivity contribution is -0.137. The van der Waals surface area contributed by atoms with Gasteiger partial charge in [-0.3, -0.25) is 9.78 Å². The number of benzene rings is 1. The van der Waals surface area contributed by atoms with Gasteiger partial charge in [0, 0.05) is 25.0 Å². The zero-order valence-corrected chi connectivity index (χ0v) is 12.0. The van der Waals surface area contributed by atoms with Gasteiger partial charge in [0.15, 0.2) is 0 Å². The summed E-state index contributed by atoms with van der Waals surface area (Å²) >= 11 is 0. The van der Waals surface area contributed by atoms with Crippen molar-refractivity contribution in [1.82, 2.24) is 9.88 Å². The molecule has 1 saturated heterocycles. The van der Waals surface area contributed by atoms with Crippen molar-refractivity contribution in [3.8, 4) is 0 Å². The van der Waals surface area contributed by atoms with Gasteiger partial charge in [-0.25, -0.2) is 0 Å². The van der Waals surface area contributed by atoms with Gasteiger partial charge in [-0.2, -0.15) is 0 Å². The van der Waals surface area contributed by atoms with Gasteiger partial charge >= 0.3 is 0 Å². The highest BCUT2D eigenvalue weighted by Gasteiger charge is 2.38. The number of hydrogen-bond acceptors (Lipinski definition) is 2. The average Bonchev–Trinajstić information content (AvgIpc) is 2.52. The van der Waals surface area contributed by atoms with Crippen LogP contribution in [0.25, 0.3) is 6.08 Å². The molecular formula is C18H18N2O. The summed E-state index contributed by atoms with van der Waals surface area (Å²) in [6.45, 7) is 3.00. The molecule has 1 aliphatic heterocycles. The highest BCUT2D eigenvalue weighted by atomic mass is 16.2. The lowest BCUT2D eigenvalue weighted by atomic mass is 9.84. The first kappa shape index (κ1) is 13.6. The minimum Gasteiger partial charge on any atom is -0.331 e. The molecule has 0 unspecified atom stereocenters. The fourth-order valence-corrected chi connectivity index (χ4v) is 2.82. The summed E-state index contributed by atoms with van der Waals surface area (Å²) in [5.41, 5.74) is 2.15. The summed E-state index contributed by atoms with van der Waals surface area (Å²) in [5.74, 6) is 0.564. The van der Waals surface area contributed by atoms with E-state index in [1.54, 1.807) is 18.5 Å². The second kappa shape index (κ2) is 5.92. The van der Waals surface area contributed by atoms with Gasteiger partial charge in [0.2, 0.25) is 5.91 Å². The average molecular weight is 278 g/mol. The highest BCUT2D eigenvalue weighted by Crippen LogP contribution is 2.38. The summed E-state index contributed by atoms with van der Waals surface area (Å²) in [7, 11) is 0. The van der Waals surface area contributed by atoms with Gasteiger partial charge in [-0.15, -0.1) is 0 Å². The molecule has 1 aromatic carbocycles. The van der Waals surface area contributed by atoms with E-state index >= 15 is 0 Å². The van der Waals surface area contributed by atoms with E-state index in [4.69, 9.17) is 0 Å². The topological polar surface area (TPSA) is 33.2 Å². The summed E-state index contributed by atoms with van der Waals surface area (Å²) in [6, 6.07) is 14.2. The Hall–Kier alpha value is -2.42. The van der Waals surface area contributed by atoms with Crippen LogP contribution in [0, 0.1) is 5.92 Å². The predicted octanol–water partition coefficient (Wildman–Crippen LogP) is 3.31. The number of hydrogen-bond donors (Lipinski definition) is 0. The third-order valence-corrected chi connectivity index (χ3v) is 3.89. The molecule has 0 aliphatic carbocycles. The van der Waals surface area contributed by atoms with E-state index in [-0.39, 0.29) is 11.9 Å². The molecule has 2 heterocycles. The van der Waals surface area contributed by atoms with Crippen molar-refractivity contribution >= 4 is 12.0 Å². The molecule has 0 radical (unpaired) electrons. The maximum absolute atomic E-state index is 12.3. The molecule has 1 fully saturated rings. The largest absolute Gasteiger partial charge is 0.331 e. The number of aromatic nitrogens is 1. The van der Waals surface area contributed by atoms with Gasteiger partial charge in [0.25, 0.3) is 0 Å². The number of carbonyl (C=O) groups is 1. The van der Waals surface area contributed by atoms with E-state index in [9.17, 15) is 4.79 Å². The maximum Gasteiger partial charge on any atom is 0.247 e. The van der Waals surface area contributed by atoms with Crippen molar-refractivity contribution in [3.63, 3.8) is 0 Å². The Morgan fingerprint density at radius 3 is 2.71 bits per heavy atom. The first-order chi connectivity index (χ1) is 10.3. The van der Waals surface area contributed by atoms with Crippen LogP contribution in [-0.4, -0.2) is 22.3 Å². The smallest absolute Gasteiger partial charge is 0.247 e. The molecule has 2 aromatic rings. The third kappa shape index (κ3) is 2.87. The van der Waals surface area contributed by atoms with E-state index in [1.165, 1.54) is 5.56 Å². The monoisotopic (exact) mass is 278 g/mol. The number of amides is 1. The molecule has 106 valence electrons. The molecule has 2 atom stereocenters. The fraction of sp³-hybridized carbons (Fsp3) is 0.222. The second-order valence-corrected chi connectivity index (χ2v) is 5.44. The molecule has 1 amide bonds. The van der Waals surface area contributed by atoms with Crippen LogP contribution in [0.3, 0.4) is 0 Å². The molecule has 0 bridgehead atoms. The van der Waals surface area contributed by atoms with Gasteiger partial charge < -0.3 is 4.90 Å². The number of pyridine rings is 1. The Morgan fingerprint density at radius 2 is 2.05 bits per heavy atom. The standard InChI is InChI=1S/C18H18N2O/c1-14-13-20(18(14)16-7-3-2-4-8-16)17(21)10-9-15-6-5-11-19-12-15/h2-12,14,18H,13H2,1H3/b10-9-/t14-,18+/m1/s1. The van der Waals surface area contributed by atoms with Crippen LogP contribution in [0.5, 0.6) is 0 Å². The van der Waals surface area contributed by atoms with Crippen molar-refractivity contribution in [2.24, 2.45) is 5.92 Å². The molecule has 0 spiro atoms. The summed E-state index contributed by atoms with van der Waals surface area (Å²) in [4.78, 5) is 18.3. The Labute approximate surface area is 124 Å². The lowest BCUT2D eigenvalue weighted by Crippen LogP contribution is -2.50. The van der Waals surface area contributed by atoms with Crippen LogP contribution in [-0.2, 0) is 4.79 Å². The zero-order chi connectivity index (χ0) is 14.7. The number of carbonyl (C=O) groups excluding carboxylic acids is 1. The first-order valence-corrected chi connectivity index (χ1v) is 7.19. The van der Waals surface area contributed by atoms with E-state index in [0.29, 0.717) is 5.92 Å². The van der Waals surface area contributed by atoms with E-state index in [2.05, 4.69) is 24.0 Å². The second-order valence-electron chi connectivity index (χ2n) is 5.44. The van der Waals surface area contributed by atoms with E-state index < -0.39 is 0 Å². The Bertz CT molecular complexity index is 637. The summed E-state index contributed by atoms with van der Waals surface area (Å²) in [5, 5.41) is 0. The summed E-state index contributed by atoms with van der Waals surface area (Å²) in [6.07, 6.45) is 6.93. The molecule has 3 heteroatoms. The molecule has 1 aromatic heterocycles. The van der Waals surface area contributed by atoms with Crippen LogP contribution in [0.2, 0.25) is 0 Å². The molecule has 0 saturated carbocycles. The Kier molecular flexibility index (Phi) is 3.82. The van der Waals surface area contributed by atoms with Crippen molar-refractivity contribution < 1.29 is 4.79 Å². The van der Waals surface area contributed by atoms with E-state index in [1.807, 2.05) is 41.3 Å².